The van der Waals surface area contributed by atoms with Gasteiger partial charge in [0.15, 0.2) is 0 Å². The Morgan fingerprint density at radius 1 is 1.09 bits per heavy atom. The maximum absolute atomic E-state index is 4.78. The quantitative estimate of drug-likeness (QED) is 0.745. The Bertz CT molecular complexity index is 726. The first kappa shape index (κ1) is 13.6. The molecule has 0 fully saturated rings. The highest BCUT2D eigenvalue weighted by atomic mass is 32.1. The molecule has 0 aliphatic carbocycles. The lowest BCUT2D eigenvalue weighted by atomic mass is 10.2. The maximum Gasteiger partial charge on any atom is 0.134 e. The molecule has 1 aromatic carbocycles. The Hall–Kier alpha value is -2.05. The summed E-state index contributed by atoms with van der Waals surface area (Å²) >= 11 is 1.74. The topological polar surface area (TPSA) is 46.8 Å². The van der Waals surface area contributed by atoms with Crippen LogP contribution >= 0.6 is 11.3 Å². The predicted molar refractivity (Wildman–Crippen MR) is 86.6 cm³/mol. The summed E-state index contributed by atoms with van der Waals surface area (Å²) in [6.45, 7) is 3.90. The molecule has 1 aliphatic heterocycles. The fourth-order valence-corrected chi connectivity index (χ4v) is 3.60. The molecular weight excluding hydrogens is 294 g/mol. The van der Waals surface area contributed by atoms with Crippen LogP contribution < -0.4 is 0 Å². The highest BCUT2D eigenvalue weighted by molar-refractivity contribution is 7.09. The van der Waals surface area contributed by atoms with E-state index in [4.69, 9.17) is 4.98 Å². The summed E-state index contributed by atoms with van der Waals surface area (Å²) in [4.78, 5) is 7.23. The predicted octanol–water partition coefficient (Wildman–Crippen LogP) is 2.46. The highest BCUT2D eigenvalue weighted by Gasteiger charge is 2.16. The number of fused-ring (bicyclic) bond motifs is 1. The van der Waals surface area contributed by atoms with Crippen LogP contribution in [0, 0.1) is 0 Å². The number of hydrogen-bond donors (Lipinski definition) is 0. The molecule has 5 nitrogen and oxygen atoms in total. The van der Waals surface area contributed by atoms with E-state index in [1.807, 2.05) is 12.4 Å². The van der Waals surface area contributed by atoms with Gasteiger partial charge in [0, 0.05) is 37.0 Å². The van der Waals surface area contributed by atoms with Gasteiger partial charge in [0.05, 0.1) is 12.2 Å². The van der Waals surface area contributed by atoms with Crippen molar-refractivity contribution in [2.24, 2.45) is 0 Å². The number of rotatable bonds is 3. The van der Waals surface area contributed by atoms with Crippen LogP contribution in [-0.2, 0) is 19.5 Å². The van der Waals surface area contributed by atoms with Crippen LogP contribution in [0.3, 0.4) is 0 Å². The van der Waals surface area contributed by atoms with Crippen molar-refractivity contribution in [1.29, 1.82) is 0 Å². The first-order valence-corrected chi connectivity index (χ1v) is 8.35. The third kappa shape index (κ3) is 2.80. The number of benzene rings is 1. The summed E-state index contributed by atoms with van der Waals surface area (Å²) in [6.07, 6.45) is 2.78. The molecule has 0 unspecified atom stereocenters. The Morgan fingerprint density at radius 3 is 2.91 bits per heavy atom. The van der Waals surface area contributed by atoms with Gasteiger partial charge in [-0.2, -0.15) is 0 Å². The zero-order valence-corrected chi connectivity index (χ0v) is 13.0. The molecular formula is C16H17N5S. The maximum atomic E-state index is 4.78. The van der Waals surface area contributed by atoms with Gasteiger partial charge in [0.1, 0.15) is 17.2 Å². The van der Waals surface area contributed by atoms with Crippen LogP contribution in [-0.4, -0.2) is 37.7 Å². The molecule has 0 saturated heterocycles. The standard InChI is InChI=1S/C16H17N5S/c1-2-4-13(5-3-1)14-11-22-16(18-14)10-20-7-6-15-19-17-12-21(15)9-8-20/h1-5,11-12H,6-10H2. The zero-order chi connectivity index (χ0) is 14.8. The minimum atomic E-state index is 0.912. The van der Waals surface area contributed by atoms with Crippen molar-refractivity contribution in [1.82, 2.24) is 24.6 Å². The average molecular weight is 311 g/mol. The van der Waals surface area contributed by atoms with E-state index >= 15 is 0 Å². The van der Waals surface area contributed by atoms with E-state index < -0.39 is 0 Å². The first-order valence-electron chi connectivity index (χ1n) is 7.47. The van der Waals surface area contributed by atoms with Crippen LogP contribution in [0.15, 0.2) is 42.0 Å². The Morgan fingerprint density at radius 2 is 2.00 bits per heavy atom. The second-order valence-electron chi connectivity index (χ2n) is 5.46. The van der Waals surface area contributed by atoms with Crippen LogP contribution in [0.1, 0.15) is 10.8 Å². The molecule has 0 N–H and O–H groups in total. The van der Waals surface area contributed by atoms with E-state index in [1.54, 1.807) is 11.3 Å². The van der Waals surface area contributed by atoms with E-state index in [2.05, 4.69) is 49.3 Å². The van der Waals surface area contributed by atoms with E-state index in [9.17, 15) is 0 Å². The lowest BCUT2D eigenvalue weighted by Gasteiger charge is -2.17. The van der Waals surface area contributed by atoms with Crippen molar-refractivity contribution in [3.05, 3.63) is 52.9 Å². The molecule has 0 amide bonds. The smallest absolute Gasteiger partial charge is 0.134 e. The van der Waals surface area contributed by atoms with Gasteiger partial charge < -0.3 is 4.57 Å². The lowest BCUT2D eigenvalue weighted by Crippen LogP contribution is -2.26. The van der Waals surface area contributed by atoms with Crippen LogP contribution in [0.5, 0.6) is 0 Å². The van der Waals surface area contributed by atoms with Crippen LogP contribution in [0.25, 0.3) is 11.3 Å². The van der Waals surface area contributed by atoms with Crippen molar-refractivity contribution in [3.63, 3.8) is 0 Å². The largest absolute Gasteiger partial charge is 0.316 e. The summed E-state index contributed by atoms with van der Waals surface area (Å²) in [7, 11) is 0. The van der Waals surface area contributed by atoms with Crippen molar-refractivity contribution < 1.29 is 0 Å². The van der Waals surface area contributed by atoms with E-state index in [0.717, 1.165) is 44.1 Å². The third-order valence-electron chi connectivity index (χ3n) is 3.98. The van der Waals surface area contributed by atoms with Gasteiger partial charge in [0.25, 0.3) is 0 Å². The molecule has 4 rings (SSSR count). The number of nitrogens with zero attached hydrogens (tertiary/aromatic N) is 5. The van der Waals surface area contributed by atoms with Crippen LogP contribution in [0.2, 0.25) is 0 Å². The summed E-state index contributed by atoms with van der Waals surface area (Å²) < 4.78 is 2.15. The van der Waals surface area contributed by atoms with Crippen molar-refractivity contribution in [3.8, 4) is 11.3 Å². The van der Waals surface area contributed by atoms with Gasteiger partial charge >= 0.3 is 0 Å². The fraction of sp³-hybridized carbons (Fsp3) is 0.312. The lowest BCUT2D eigenvalue weighted by molar-refractivity contribution is 0.271. The normalized spacial score (nSPS) is 15.5. The molecule has 3 aromatic rings. The first-order chi connectivity index (χ1) is 10.9. The van der Waals surface area contributed by atoms with Crippen molar-refractivity contribution in [2.45, 2.75) is 19.5 Å². The minimum Gasteiger partial charge on any atom is -0.316 e. The molecule has 0 radical (unpaired) electrons. The van der Waals surface area contributed by atoms with Gasteiger partial charge in [0.2, 0.25) is 0 Å². The molecule has 1 aliphatic rings. The molecule has 0 atom stereocenters. The monoisotopic (exact) mass is 311 g/mol. The fourth-order valence-electron chi connectivity index (χ4n) is 2.75. The molecule has 112 valence electrons. The van der Waals surface area contributed by atoms with E-state index in [0.29, 0.717) is 0 Å². The van der Waals surface area contributed by atoms with Crippen LogP contribution in [0.4, 0.5) is 0 Å². The Kier molecular flexibility index (Phi) is 3.70. The Labute approximate surface area is 133 Å². The van der Waals surface area contributed by atoms with Gasteiger partial charge in [-0.05, 0) is 0 Å². The summed E-state index contributed by atoms with van der Waals surface area (Å²) in [6, 6.07) is 10.4. The number of aromatic nitrogens is 4. The molecule has 0 spiro atoms. The SMILES string of the molecule is c1ccc(-c2csc(CN3CCc4nncn4CC3)n2)cc1. The second-order valence-corrected chi connectivity index (χ2v) is 6.40. The zero-order valence-electron chi connectivity index (χ0n) is 12.2. The average Bonchev–Trinajstić information content (AvgIpc) is 3.16. The number of hydrogen-bond acceptors (Lipinski definition) is 5. The minimum absolute atomic E-state index is 0.912. The molecule has 0 bridgehead atoms. The second kappa shape index (κ2) is 5.98. The van der Waals surface area contributed by atoms with Crippen molar-refractivity contribution in [2.75, 3.05) is 13.1 Å². The van der Waals surface area contributed by atoms with Gasteiger partial charge in [-0.1, -0.05) is 30.3 Å². The van der Waals surface area contributed by atoms with Crippen molar-refractivity contribution >= 4 is 11.3 Å². The van der Waals surface area contributed by atoms with E-state index in [-0.39, 0.29) is 0 Å². The molecule has 22 heavy (non-hydrogen) atoms. The van der Waals surface area contributed by atoms with Gasteiger partial charge in [-0.3, -0.25) is 4.90 Å². The molecule has 3 heterocycles. The molecule has 2 aromatic heterocycles. The summed E-state index contributed by atoms with van der Waals surface area (Å²) in [5.41, 5.74) is 2.26. The molecule has 6 heteroatoms. The molecule has 0 saturated carbocycles. The van der Waals surface area contributed by atoms with Gasteiger partial charge in [-0.25, -0.2) is 4.98 Å². The third-order valence-corrected chi connectivity index (χ3v) is 4.82. The summed E-state index contributed by atoms with van der Waals surface area (Å²) in [5, 5.41) is 11.5. The highest BCUT2D eigenvalue weighted by Crippen LogP contribution is 2.22. The number of thiazole rings is 1. The van der Waals surface area contributed by atoms with E-state index in [1.165, 1.54) is 10.6 Å². The Balaban J connectivity index is 1.44. The van der Waals surface area contributed by atoms with Gasteiger partial charge in [-0.15, -0.1) is 21.5 Å². The summed E-state index contributed by atoms with van der Waals surface area (Å²) in [5.74, 6) is 1.09.